The van der Waals surface area contributed by atoms with E-state index in [1.807, 2.05) is 24.5 Å². The number of nitrogens with zero attached hydrogens (tertiary/aromatic N) is 1. The van der Waals surface area contributed by atoms with Gasteiger partial charge in [-0.3, -0.25) is 4.79 Å². The van der Waals surface area contributed by atoms with Crippen molar-refractivity contribution in [1.82, 2.24) is 4.57 Å². The summed E-state index contributed by atoms with van der Waals surface area (Å²) >= 11 is 0. The lowest BCUT2D eigenvalue weighted by molar-refractivity contribution is -0.156. The van der Waals surface area contributed by atoms with Crippen molar-refractivity contribution in [1.29, 1.82) is 0 Å². The molecular formula is C19H29NO6. The third-order valence-electron chi connectivity index (χ3n) is 4.63. The zero-order chi connectivity index (χ0) is 19.1. The zero-order valence-corrected chi connectivity index (χ0v) is 16.1. The van der Waals surface area contributed by atoms with E-state index in [1.165, 1.54) is 0 Å². The summed E-state index contributed by atoms with van der Waals surface area (Å²) in [7, 11) is 1.64. The molecule has 7 nitrogen and oxygen atoms in total. The largest absolute Gasteiger partial charge is 0.455 e. The number of ether oxygens (including phenoxy) is 4. The molecular weight excluding hydrogens is 338 g/mol. The summed E-state index contributed by atoms with van der Waals surface area (Å²) in [5, 5.41) is 0. The van der Waals surface area contributed by atoms with Crippen LogP contribution in [0.15, 0.2) is 6.07 Å². The molecule has 2 rings (SSSR count). The molecule has 0 N–H and O–H groups in total. The van der Waals surface area contributed by atoms with Crippen LogP contribution in [0.3, 0.4) is 0 Å². The van der Waals surface area contributed by atoms with Crippen molar-refractivity contribution < 1.29 is 28.5 Å². The SMILES string of the molecule is COCCn1c(C)cc(C(=O)COC(=O)C(C)OCC2CCCO2)c1C. The van der Waals surface area contributed by atoms with Crippen LogP contribution in [0.4, 0.5) is 0 Å². The summed E-state index contributed by atoms with van der Waals surface area (Å²) < 4.78 is 23.2. The van der Waals surface area contributed by atoms with E-state index < -0.39 is 12.1 Å². The molecule has 0 spiro atoms. The first-order valence-electron chi connectivity index (χ1n) is 9.02. The molecule has 7 heteroatoms. The number of ketones is 1. The number of methoxy groups -OCH3 is 1. The van der Waals surface area contributed by atoms with Gasteiger partial charge in [0.15, 0.2) is 12.7 Å². The highest BCUT2D eigenvalue weighted by Gasteiger charge is 2.22. The molecule has 0 bridgehead atoms. The number of rotatable bonds is 10. The lowest BCUT2D eigenvalue weighted by Crippen LogP contribution is -2.29. The van der Waals surface area contributed by atoms with E-state index in [4.69, 9.17) is 18.9 Å². The van der Waals surface area contributed by atoms with Gasteiger partial charge < -0.3 is 23.5 Å². The molecule has 26 heavy (non-hydrogen) atoms. The van der Waals surface area contributed by atoms with E-state index >= 15 is 0 Å². The molecule has 2 unspecified atom stereocenters. The molecule has 0 saturated carbocycles. The number of carbonyl (C=O) groups is 2. The van der Waals surface area contributed by atoms with Crippen LogP contribution in [0.1, 0.15) is 41.5 Å². The van der Waals surface area contributed by atoms with E-state index in [1.54, 1.807) is 14.0 Å². The quantitative estimate of drug-likeness (QED) is 0.465. The van der Waals surface area contributed by atoms with Crippen LogP contribution in [0.5, 0.6) is 0 Å². The highest BCUT2D eigenvalue weighted by molar-refractivity contribution is 5.99. The first kappa shape index (κ1) is 20.6. The Bertz CT molecular complexity index is 618. The van der Waals surface area contributed by atoms with Crippen LogP contribution in [0.25, 0.3) is 0 Å². The second kappa shape index (κ2) is 9.85. The van der Waals surface area contributed by atoms with Gasteiger partial charge in [-0.2, -0.15) is 0 Å². The van der Waals surface area contributed by atoms with Gasteiger partial charge in [-0.1, -0.05) is 0 Å². The fourth-order valence-corrected chi connectivity index (χ4v) is 3.04. The summed E-state index contributed by atoms with van der Waals surface area (Å²) in [6, 6.07) is 1.82. The van der Waals surface area contributed by atoms with Gasteiger partial charge in [0.25, 0.3) is 0 Å². The first-order valence-corrected chi connectivity index (χ1v) is 9.02. The third kappa shape index (κ3) is 5.40. The highest BCUT2D eigenvalue weighted by atomic mass is 16.6. The summed E-state index contributed by atoms with van der Waals surface area (Å²) in [5.41, 5.74) is 2.39. The second-order valence-corrected chi connectivity index (χ2v) is 6.57. The van der Waals surface area contributed by atoms with Crippen LogP contribution in [-0.2, 0) is 30.3 Å². The molecule has 0 aromatic carbocycles. The molecule has 2 atom stereocenters. The average molecular weight is 367 g/mol. The van der Waals surface area contributed by atoms with Crippen LogP contribution >= 0.6 is 0 Å². The lowest BCUT2D eigenvalue weighted by Gasteiger charge is -2.15. The smallest absolute Gasteiger partial charge is 0.335 e. The number of esters is 1. The summed E-state index contributed by atoms with van der Waals surface area (Å²) in [6.45, 7) is 7.50. The Kier molecular flexibility index (Phi) is 7.81. The van der Waals surface area contributed by atoms with E-state index in [0.29, 0.717) is 25.3 Å². The molecule has 2 heterocycles. The van der Waals surface area contributed by atoms with E-state index in [0.717, 1.165) is 30.8 Å². The highest BCUT2D eigenvalue weighted by Crippen LogP contribution is 2.16. The minimum absolute atomic E-state index is 0.0457. The van der Waals surface area contributed by atoms with Gasteiger partial charge >= 0.3 is 5.97 Å². The molecule has 1 aromatic heterocycles. The van der Waals surface area contributed by atoms with Gasteiger partial charge in [-0.15, -0.1) is 0 Å². The Balaban J connectivity index is 1.82. The van der Waals surface area contributed by atoms with Crippen molar-refractivity contribution >= 4 is 11.8 Å². The topological polar surface area (TPSA) is 76.0 Å². The van der Waals surface area contributed by atoms with E-state index in [-0.39, 0.29) is 18.5 Å². The van der Waals surface area contributed by atoms with E-state index in [2.05, 4.69) is 0 Å². The Morgan fingerprint density at radius 2 is 2.15 bits per heavy atom. The first-order chi connectivity index (χ1) is 12.4. The van der Waals surface area contributed by atoms with Crippen LogP contribution in [-0.4, -0.2) is 62.1 Å². The zero-order valence-electron chi connectivity index (χ0n) is 16.1. The minimum atomic E-state index is -0.721. The van der Waals surface area contributed by atoms with Crippen molar-refractivity contribution in [2.24, 2.45) is 0 Å². The van der Waals surface area contributed by atoms with Crippen molar-refractivity contribution in [2.75, 3.05) is 33.5 Å². The molecule has 146 valence electrons. The van der Waals surface area contributed by atoms with E-state index in [9.17, 15) is 9.59 Å². The summed E-state index contributed by atoms with van der Waals surface area (Å²) in [5.74, 6) is -0.758. The number of carbonyl (C=O) groups excluding carboxylic acids is 2. The van der Waals surface area contributed by atoms with Gasteiger partial charge in [0.05, 0.1) is 19.3 Å². The molecule has 0 radical (unpaired) electrons. The molecule has 1 saturated heterocycles. The third-order valence-corrected chi connectivity index (χ3v) is 4.63. The van der Waals surface area contributed by atoms with Crippen LogP contribution in [0.2, 0.25) is 0 Å². The van der Waals surface area contributed by atoms with Crippen molar-refractivity contribution in [3.63, 3.8) is 0 Å². The predicted octanol–water partition coefficient (Wildman–Crippen LogP) is 2.06. The van der Waals surface area contributed by atoms with Crippen molar-refractivity contribution in [3.8, 4) is 0 Å². The molecule has 1 aliphatic rings. The molecule has 0 aliphatic carbocycles. The van der Waals surface area contributed by atoms with Gasteiger partial charge in [-0.25, -0.2) is 4.79 Å². The fourth-order valence-electron chi connectivity index (χ4n) is 3.04. The Labute approximate surface area is 154 Å². The summed E-state index contributed by atoms with van der Waals surface area (Å²) in [4.78, 5) is 24.4. The maximum Gasteiger partial charge on any atom is 0.335 e. The Morgan fingerprint density at radius 3 is 2.81 bits per heavy atom. The minimum Gasteiger partial charge on any atom is -0.455 e. The number of Topliss-reactive ketones (excluding diaryl/α,β-unsaturated/α-hetero) is 1. The molecule has 1 fully saturated rings. The second-order valence-electron chi connectivity index (χ2n) is 6.57. The molecule has 1 aliphatic heterocycles. The lowest BCUT2D eigenvalue weighted by atomic mass is 10.1. The van der Waals surface area contributed by atoms with Gasteiger partial charge in [0.1, 0.15) is 0 Å². The summed E-state index contributed by atoms with van der Waals surface area (Å²) in [6.07, 6.45) is 1.29. The number of hydrogen-bond donors (Lipinski definition) is 0. The maximum atomic E-state index is 12.4. The van der Waals surface area contributed by atoms with Crippen LogP contribution < -0.4 is 0 Å². The molecule has 0 amide bonds. The molecule has 1 aromatic rings. The van der Waals surface area contributed by atoms with Crippen LogP contribution in [0, 0.1) is 13.8 Å². The Hall–Kier alpha value is -1.70. The number of hydrogen-bond acceptors (Lipinski definition) is 6. The average Bonchev–Trinajstić information content (AvgIpc) is 3.24. The maximum absolute atomic E-state index is 12.4. The number of aromatic nitrogens is 1. The monoisotopic (exact) mass is 367 g/mol. The Morgan fingerprint density at radius 1 is 1.38 bits per heavy atom. The van der Waals surface area contributed by atoms with Gasteiger partial charge in [-0.05, 0) is 39.7 Å². The number of aryl methyl sites for hydroxylation is 1. The van der Waals surface area contributed by atoms with Crippen molar-refractivity contribution in [3.05, 3.63) is 23.0 Å². The fraction of sp³-hybridized carbons (Fsp3) is 0.684. The van der Waals surface area contributed by atoms with Gasteiger partial charge in [0, 0.05) is 37.2 Å². The predicted molar refractivity (Wildman–Crippen MR) is 95.5 cm³/mol. The van der Waals surface area contributed by atoms with Crippen molar-refractivity contribution in [2.45, 2.75) is 52.4 Å². The normalized spacial score (nSPS) is 18.1. The standard InChI is InChI=1S/C19H29NO6/c1-13-10-17(14(2)20(13)7-9-23-4)18(21)12-26-19(22)15(3)25-11-16-6-5-8-24-16/h10,15-16H,5-9,11-12H2,1-4H3. The van der Waals surface area contributed by atoms with Gasteiger partial charge in [0.2, 0.25) is 5.78 Å².